The highest BCUT2D eigenvalue weighted by Gasteiger charge is 2.52. The molecule has 1 aromatic carbocycles. The molecule has 3 N–H and O–H groups in total. The van der Waals surface area contributed by atoms with Crippen molar-refractivity contribution in [3.05, 3.63) is 78.9 Å². The zero-order valence-corrected chi connectivity index (χ0v) is 24.6. The van der Waals surface area contributed by atoms with Gasteiger partial charge in [-0.2, -0.15) is 0 Å². The largest absolute Gasteiger partial charge is 0.378 e. The zero-order valence-electron chi connectivity index (χ0n) is 24.6. The van der Waals surface area contributed by atoms with Crippen LogP contribution in [0.4, 0.5) is 11.5 Å². The molecule has 0 bridgehead atoms. The predicted octanol–water partition coefficient (Wildman–Crippen LogP) is 3.77. The molecular weight excluding hydrogens is 556 g/mol. The highest BCUT2D eigenvalue weighted by molar-refractivity contribution is 6.03. The van der Waals surface area contributed by atoms with Crippen LogP contribution >= 0.6 is 0 Å². The molecule has 1 aliphatic carbocycles. The molecule has 2 saturated heterocycles. The first-order valence-electron chi connectivity index (χ1n) is 15.2. The normalized spacial score (nSPS) is 19.5. The third-order valence-corrected chi connectivity index (χ3v) is 9.04. The maximum absolute atomic E-state index is 13.1. The first-order valence-corrected chi connectivity index (χ1v) is 15.2. The van der Waals surface area contributed by atoms with Gasteiger partial charge in [0.25, 0.3) is 5.91 Å². The second-order valence-corrected chi connectivity index (χ2v) is 11.9. The average Bonchev–Trinajstić information content (AvgIpc) is 3.68. The number of hydrogen-bond donors (Lipinski definition) is 3. The smallest absolute Gasteiger partial charge is 0.274 e. The van der Waals surface area contributed by atoms with Gasteiger partial charge in [0.15, 0.2) is 0 Å². The number of ether oxygens (including phenoxy) is 1. The Morgan fingerprint density at radius 1 is 1.07 bits per heavy atom. The number of aromatic amines is 1. The molecule has 7 rings (SSSR count). The van der Waals surface area contributed by atoms with Crippen LogP contribution < -0.4 is 15.5 Å². The molecule has 0 radical (unpaired) electrons. The second-order valence-electron chi connectivity index (χ2n) is 11.9. The van der Waals surface area contributed by atoms with E-state index in [9.17, 15) is 9.59 Å². The Bertz CT molecular complexity index is 1690. The number of fused-ring (bicyclic) bond motifs is 1. The van der Waals surface area contributed by atoms with Crippen LogP contribution in [0.3, 0.4) is 0 Å². The van der Waals surface area contributed by atoms with E-state index < -0.39 is 0 Å². The molecule has 1 atom stereocenters. The second kappa shape index (κ2) is 11.8. The number of anilines is 2. The molecule has 2 aliphatic heterocycles. The lowest BCUT2D eigenvalue weighted by Crippen LogP contribution is -2.51. The Hall–Kier alpha value is -4.61. The number of amides is 2. The summed E-state index contributed by atoms with van der Waals surface area (Å²) < 4.78 is 5.49. The number of morpholine rings is 1. The van der Waals surface area contributed by atoms with Gasteiger partial charge in [-0.05, 0) is 66.8 Å². The topological polar surface area (TPSA) is 128 Å². The fraction of sp³-hybridized carbons (Fsp3) is 0.364. The zero-order chi connectivity index (χ0) is 30.1. The van der Waals surface area contributed by atoms with Gasteiger partial charge in [-0.3, -0.25) is 19.5 Å². The highest BCUT2D eigenvalue weighted by Crippen LogP contribution is 2.52. The summed E-state index contributed by atoms with van der Waals surface area (Å²) in [5, 5.41) is 7.09. The lowest BCUT2D eigenvalue weighted by Gasteiger charge is -2.39. The highest BCUT2D eigenvalue weighted by atomic mass is 16.5. The fourth-order valence-electron chi connectivity index (χ4n) is 6.50. The van der Waals surface area contributed by atoms with Crippen molar-refractivity contribution in [3.8, 4) is 11.3 Å². The third kappa shape index (κ3) is 5.80. The number of nitrogens with one attached hydrogen (secondary N) is 3. The van der Waals surface area contributed by atoms with Crippen molar-refractivity contribution in [2.75, 3.05) is 49.6 Å². The van der Waals surface area contributed by atoms with Crippen molar-refractivity contribution in [1.82, 2.24) is 30.2 Å². The minimum absolute atomic E-state index is 0.0973. The van der Waals surface area contributed by atoms with E-state index in [4.69, 9.17) is 4.74 Å². The number of carbonyl (C=O) groups is 2. The van der Waals surface area contributed by atoms with E-state index in [-0.39, 0.29) is 23.3 Å². The van der Waals surface area contributed by atoms with Crippen LogP contribution in [0.1, 0.15) is 35.3 Å². The molecule has 4 aromatic rings. The number of carbonyl (C=O) groups excluding carboxylic acids is 2. The number of piperidine rings is 1. The molecule has 1 unspecified atom stereocenters. The van der Waals surface area contributed by atoms with Crippen molar-refractivity contribution in [3.63, 3.8) is 0 Å². The minimum atomic E-state index is -0.250. The third-order valence-electron chi connectivity index (χ3n) is 9.04. The Labute approximate surface area is 255 Å². The quantitative estimate of drug-likeness (QED) is 0.264. The summed E-state index contributed by atoms with van der Waals surface area (Å²) in [7, 11) is 0. The van der Waals surface area contributed by atoms with E-state index >= 15 is 0 Å². The van der Waals surface area contributed by atoms with Gasteiger partial charge in [0, 0.05) is 61.8 Å². The number of likely N-dealkylation sites (tertiary alicyclic amines) is 1. The van der Waals surface area contributed by atoms with E-state index in [2.05, 4.69) is 53.0 Å². The molecule has 11 heteroatoms. The first kappa shape index (κ1) is 28.2. The molecule has 3 aromatic heterocycles. The molecule has 11 nitrogen and oxygen atoms in total. The van der Waals surface area contributed by atoms with Gasteiger partial charge >= 0.3 is 0 Å². The van der Waals surface area contributed by atoms with Crippen molar-refractivity contribution in [2.45, 2.75) is 31.8 Å². The van der Waals surface area contributed by atoms with Crippen LogP contribution in [0.15, 0.2) is 67.6 Å². The van der Waals surface area contributed by atoms with Crippen LogP contribution in [0.2, 0.25) is 0 Å². The van der Waals surface area contributed by atoms with Gasteiger partial charge in [0.1, 0.15) is 23.5 Å². The fourth-order valence-corrected chi connectivity index (χ4v) is 6.50. The lowest BCUT2D eigenvalue weighted by atomic mass is 9.88. The van der Waals surface area contributed by atoms with Gasteiger partial charge in [-0.15, -0.1) is 0 Å². The van der Waals surface area contributed by atoms with Crippen molar-refractivity contribution in [2.24, 2.45) is 5.41 Å². The SMILES string of the molecule is C=CC(=O)NC1CCN(Cc2ccnc(C(=O)Nc3ccc(-c4cc5c(N6CCOCC6)ncnc5[nH]4)cc3)c2)CC12CC2. The summed E-state index contributed by atoms with van der Waals surface area (Å²) in [5.74, 6) is 0.563. The van der Waals surface area contributed by atoms with Crippen LogP contribution in [0, 0.1) is 5.41 Å². The van der Waals surface area contributed by atoms with Crippen LogP contribution in [-0.2, 0) is 16.1 Å². The van der Waals surface area contributed by atoms with E-state index in [1.807, 2.05) is 36.4 Å². The molecule has 1 spiro atoms. The van der Waals surface area contributed by atoms with E-state index in [0.29, 0.717) is 24.6 Å². The monoisotopic (exact) mass is 592 g/mol. The van der Waals surface area contributed by atoms with Crippen molar-refractivity contribution in [1.29, 1.82) is 0 Å². The molecule has 3 fully saturated rings. The number of benzene rings is 1. The van der Waals surface area contributed by atoms with Crippen molar-refractivity contribution >= 4 is 34.4 Å². The van der Waals surface area contributed by atoms with Crippen molar-refractivity contribution < 1.29 is 14.3 Å². The van der Waals surface area contributed by atoms with E-state index in [0.717, 1.165) is 85.7 Å². The number of H-pyrrole nitrogens is 1. The Kier molecular flexibility index (Phi) is 7.57. The number of hydrogen-bond acceptors (Lipinski definition) is 8. The molecule has 226 valence electrons. The van der Waals surface area contributed by atoms with Gasteiger partial charge < -0.3 is 25.3 Å². The summed E-state index contributed by atoms with van der Waals surface area (Å²) >= 11 is 0. The number of rotatable bonds is 8. The van der Waals surface area contributed by atoms with Gasteiger partial charge in [0.05, 0.1) is 18.6 Å². The van der Waals surface area contributed by atoms with Crippen LogP contribution in [-0.4, -0.2) is 82.1 Å². The summed E-state index contributed by atoms with van der Waals surface area (Å²) in [4.78, 5) is 46.4. The Balaban J connectivity index is 0.990. The average molecular weight is 593 g/mol. The summed E-state index contributed by atoms with van der Waals surface area (Å²) in [6.07, 6.45) is 7.79. The molecule has 1 saturated carbocycles. The maximum atomic E-state index is 13.1. The van der Waals surface area contributed by atoms with Gasteiger partial charge in [-0.25, -0.2) is 9.97 Å². The van der Waals surface area contributed by atoms with Gasteiger partial charge in [0.2, 0.25) is 5.91 Å². The van der Waals surface area contributed by atoms with Crippen LogP contribution in [0.25, 0.3) is 22.3 Å². The molecule has 5 heterocycles. The maximum Gasteiger partial charge on any atom is 0.274 e. The molecule has 3 aliphatic rings. The van der Waals surface area contributed by atoms with Gasteiger partial charge in [-0.1, -0.05) is 18.7 Å². The van der Waals surface area contributed by atoms with E-state index in [1.54, 1.807) is 12.5 Å². The minimum Gasteiger partial charge on any atom is -0.378 e. The molecular formula is C33H36N8O3. The molecule has 44 heavy (non-hydrogen) atoms. The van der Waals surface area contributed by atoms with Crippen LogP contribution in [0.5, 0.6) is 0 Å². The number of nitrogens with zero attached hydrogens (tertiary/aromatic N) is 5. The van der Waals surface area contributed by atoms with E-state index in [1.165, 1.54) is 6.08 Å². The summed E-state index contributed by atoms with van der Waals surface area (Å²) in [6, 6.07) is 13.8. The summed E-state index contributed by atoms with van der Waals surface area (Å²) in [6.45, 7) is 9.12. The standard InChI is InChI=1S/C33H36N8O3/c1-2-29(42)39-28-8-12-40(20-33(28)9-10-33)19-22-7-11-34-27(17-22)32(43)37-24-5-3-23(4-6-24)26-18-25-30(38-26)35-21-36-31(25)41-13-15-44-16-14-41/h2-7,11,17-18,21,28H,1,8-10,12-16,19-20H2,(H,37,43)(H,39,42)(H,35,36,38). The number of pyridine rings is 1. The number of aromatic nitrogens is 4. The predicted molar refractivity (Wildman–Crippen MR) is 168 cm³/mol. The lowest BCUT2D eigenvalue weighted by molar-refractivity contribution is -0.118. The molecule has 2 amide bonds. The Morgan fingerprint density at radius 3 is 2.66 bits per heavy atom. The summed E-state index contributed by atoms with van der Waals surface area (Å²) in [5.41, 5.74) is 4.97. The Morgan fingerprint density at radius 2 is 1.89 bits per heavy atom. The first-order chi connectivity index (χ1) is 21.5.